The Balaban J connectivity index is 1.06. The highest BCUT2D eigenvalue weighted by molar-refractivity contribution is 6.19. The van der Waals surface area contributed by atoms with Crippen LogP contribution in [-0.4, -0.2) is 29.1 Å². The van der Waals surface area contributed by atoms with Crippen LogP contribution in [0.25, 0.3) is 111 Å². The summed E-state index contributed by atoms with van der Waals surface area (Å²) >= 11 is 0. The van der Waals surface area contributed by atoms with Crippen LogP contribution in [0.5, 0.6) is 0 Å². The lowest BCUT2D eigenvalue weighted by molar-refractivity contribution is 1.07. The van der Waals surface area contributed by atoms with E-state index < -0.39 is 0 Å². The van der Waals surface area contributed by atoms with E-state index >= 15 is 0 Å². The monoisotopic (exact) mass is 740 g/mol. The molecule has 4 heterocycles. The van der Waals surface area contributed by atoms with Gasteiger partial charge in [-0.25, -0.2) is 15.0 Å². The molecule has 0 aliphatic carbocycles. The molecule has 6 heteroatoms. The average Bonchev–Trinajstić information content (AvgIpc) is 3.83. The first-order valence-electron chi connectivity index (χ1n) is 19.5. The maximum atomic E-state index is 5.23. The zero-order valence-corrected chi connectivity index (χ0v) is 31.2. The SMILES string of the molecule is c1cncc(-c2nc(-c3cccc(-n4c5ccccc5c5ccc6ccccc6c54)c3)nc(-c3cccc(-n4c5ccccc5c5ccc6ccccc6c54)c3)n2)c1. The largest absolute Gasteiger partial charge is 0.309 e. The van der Waals surface area contributed by atoms with Crippen LogP contribution in [0.2, 0.25) is 0 Å². The predicted octanol–water partition coefficient (Wildman–Crippen LogP) is 12.8. The number of pyridine rings is 1. The molecule has 12 aromatic rings. The summed E-state index contributed by atoms with van der Waals surface area (Å²) in [7, 11) is 0. The summed E-state index contributed by atoms with van der Waals surface area (Å²) in [4.78, 5) is 19.9. The fourth-order valence-corrected chi connectivity index (χ4v) is 8.82. The van der Waals surface area contributed by atoms with E-state index in [2.05, 4.69) is 184 Å². The van der Waals surface area contributed by atoms with Gasteiger partial charge in [-0.3, -0.25) is 4.98 Å². The molecule has 0 saturated carbocycles. The van der Waals surface area contributed by atoms with Gasteiger partial charge in [0.15, 0.2) is 17.5 Å². The number of hydrogen-bond donors (Lipinski definition) is 0. The second-order valence-electron chi connectivity index (χ2n) is 14.7. The molecule has 0 aliphatic heterocycles. The number of aromatic nitrogens is 6. The van der Waals surface area contributed by atoms with E-state index in [9.17, 15) is 0 Å². The van der Waals surface area contributed by atoms with Crippen LogP contribution in [0, 0.1) is 0 Å². The molecule has 8 aromatic carbocycles. The van der Waals surface area contributed by atoms with Gasteiger partial charge in [0.1, 0.15) is 0 Å². The first-order valence-corrected chi connectivity index (χ1v) is 19.5. The van der Waals surface area contributed by atoms with Crippen LogP contribution in [0.15, 0.2) is 194 Å². The third-order valence-electron chi connectivity index (χ3n) is 11.4. The zero-order chi connectivity index (χ0) is 38.2. The lowest BCUT2D eigenvalue weighted by atomic mass is 10.1. The summed E-state index contributed by atoms with van der Waals surface area (Å²) in [5, 5.41) is 9.69. The molecule has 6 nitrogen and oxygen atoms in total. The van der Waals surface area contributed by atoms with E-state index in [1.54, 1.807) is 6.20 Å². The van der Waals surface area contributed by atoms with Gasteiger partial charge >= 0.3 is 0 Å². The Morgan fingerprint density at radius 2 is 0.776 bits per heavy atom. The van der Waals surface area contributed by atoms with Crippen molar-refractivity contribution in [3.63, 3.8) is 0 Å². The van der Waals surface area contributed by atoms with Crippen molar-refractivity contribution < 1.29 is 0 Å². The summed E-state index contributed by atoms with van der Waals surface area (Å²) in [6, 6.07) is 64.4. The Kier molecular flexibility index (Phi) is 7.13. The molecule has 12 rings (SSSR count). The van der Waals surface area contributed by atoms with Crippen molar-refractivity contribution in [2.45, 2.75) is 0 Å². The molecular formula is C52H32N6. The maximum Gasteiger partial charge on any atom is 0.165 e. The predicted molar refractivity (Wildman–Crippen MR) is 238 cm³/mol. The Morgan fingerprint density at radius 3 is 1.28 bits per heavy atom. The van der Waals surface area contributed by atoms with Gasteiger partial charge in [-0.05, 0) is 59.3 Å². The summed E-state index contributed by atoms with van der Waals surface area (Å²) in [5.41, 5.74) is 9.32. The molecule has 0 bridgehead atoms. The van der Waals surface area contributed by atoms with Gasteiger partial charge in [-0.2, -0.15) is 0 Å². The summed E-state index contributed by atoms with van der Waals surface area (Å²) in [6.45, 7) is 0. The molecule has 0 unspecified atom stereocenters. The zero-order valence-electron chi connectivity index (χ0n) is 31.2. The molecule has 0 atom stereocenters. The number of nitrogens with zero attached hydrogens (tertiary/aromatic N) is 6. The number of rotatable bonds is 5. The van der Waals surface area contributed by atoms with Crippen LogP contribution in [0.4, 0.5) is 0 Å². The minimum absolute atomic E-state index is 0.564. The van der Waals surface area contributed by atoms with Crippen LogP contribution in [0.3, 0.4) is 0 Å². The smallest absolute Gasteiger partial charge is 0.165 e. The summed E-state index contributed by atoms with van der Waals surface area (Å²) < 4.78 is 4.75. The van der Waals surface area contributed by atoms with Gasteiger partial charge < -0.3 is 9.13 Å². The first kappa shape index (κ1) is 32.3. The Morgan fingerprint density at radius 1 is 0.328 bits per heavy atom. The van der Waals surface area contributed by atoms with Crippen molar-refractivity contribution in [3.8, 4) is 45.5 Å². The summed E-state index contributed by atoms with van der Waals surface area (Å²) in [5.74, 6) is 1.74. The van der Waals surface area contributed by atoms with Gasteiger partial charge in [0, 0.05) is 72.8 Å². The third kappa shape index (κ3) is 4.98. The number of para-hydroxylation sites is 2. The van der Waals surface area contributed by atoms with Gasteiger partial charge in [0.2, 0.25) is 0 Å². The Bertz CT molecular complexity index is 3370. The minimum atomic E-state index is 0.564. The van der Waals surface area contributed by atoms with Crippen molar-refractivity contribution >= 4 is 65.2 Å². The molecular weight excluding hydrogens is 709 g/mol. The van der Waals surface area contributed by atoms with Gasteiger partial charge in [0.05, 0.1) is 22.1 Å². The van der Waals surface area contributed by atoms with Crippen molar-refractivity contribution in [1.82, 2.24) is 29.1 Å². The lowest BCUT2D eigenvalue weighted by Crippen LogP contribution is -2.02. The molecule has 0 fully saturated rings. The molecule has 0 N–H and O–H groups in total. The highest BCUT2D eigenvalue weighted by Gasteiger charge is 2.19. The standard InChI is InChI=1S/C52H32N6/c1-3-19-40-33(12-1)25-27-44-42-21-5-7-23-46(42)57(48(40)44)38-17-9-14-35(30-38)50-54-51(56-52(55-50)37-16-11-29-53-32-37)36-15-10-18-39(31-36)58-47-24-8-6-22-43(47)45-28-26-34-13-2-4-20-41(34)49(45)58/h1-32H. The molecule has 0 aliphatic rings. The van der Waals surface area contributed by atoms with Crippen LogP contribution in [-0.2, 0) is 0 Å². The highest BCUT2D eigenvalue weighted by Crippen LogP contribution is 2.39. The fraction of sp³-hybridized carbons (Fsp3) is 0. The second-order valence-corrected chi connectivity index (χ2v) is 14.7. The van der Waals surface area contributed by atoms with E-state index in [4.69, 9.17) is 15.0 Å². The van der Waals surface area contributed by atoms with Crippen LogP contribution in [0.1, 0.15) is 0 Å². The van der Waals surface area contributed by atoms with Crippen molar-refractivity contribution in [3.05, 3.63) is 194 Å². The molecule has 0 saturated heterocycles. The number of fused-ring (bicyclic) bond motifs is 10. The quantitative estimate of drug-likeness (QED) is 0.176. The van der Waals surface area contributed by atoms with Crippen LogP contribution >= 0.6 is 0 Å². The molecule has 270 valence electrons. The van der Waals surface area contributed by atoms with Gasteiger partial charge in [-0.1, -0.05) is 133 Å². The highest BCUT2D eigenvalue weighted by atomic mass is 15.0. The van der Waals surface area contributed by atoms with E-state index in [1.165, 1.54) is 54.1 Å². The third-order valence-corrected chi connectivity index (χ3v) is 11.4. The second kappa shape index (κ2) is 12.8. The van der Waals surface area contributed by atoms with Crippen molar-refractivity contribution in [1.29, 1.82) is 0 Å². The van der Waals surface area contributed by atoms with Gasteiger partial charge in [-0.15, -0.1) is 0 Å². The van der Waals surface area contributed by atoms with E-state index in [1.807, 2.05) is 18.3 Å². The molecule has 0 amide bonds. The number of benzene rings is 8. The normalized spacial score (nSPS) is 11.8. The number of hydrogen-bond acceptors (Lipinski definition) is 4. The van der Waals surface area contributed by atoms with Crippen molar-refractivity contribution in [2.24, 2.45) is 0 Å². The van der Waals surface area contributed by atoms with E-state index in [0.717, 1.165) is 39.1 Å². The molecule has 4 aromatic heterocycles. The summed E-state index contributed by atoms with van der Waals surface area (Å²) in [6.07, 6.45) is 3.58. The van der Waals surface area contributed by atoms with Gasteiger partial charge in [0.25, 0.3) is 0 Å². The maximum absolute atomic E-state index is 5.23. The average molecular weight is 741 g/mol. The molecule has 0 radical (unpaired) electrons. The minimum Gasteiger partial charge on any atom is -0.309 e. The Labute approximate surface area is 333 Å². The lowest BCUT2D eigenvalue weighted by Gasteiger charge is -2.13. The van der Waals surface area contributed by atoms with E-state index in [-0.39, 0.29) is 0 Å². The fourth-order valence-electron chi connectivity index (χ4n) is 8.82. The van der Waals surface area contributed by atoms with Crippen molar-refractivity contribution in [2.75, 3.05) is 0 Å². The topological polar surface area (TPSA) is 61.4 Å². The molecule has 0 spiro atoms. The van der Waals surface area contributed by atoms with Crippen LogP contribution < -0.4 is 0 Å². The van der Waals surface area contributed by atoms with E-state index in [0.29, 0.717) is 17.5 Å². The molecule has 58 heavy (non-hydrogen) atoms. The Hall–Kier alpha value is -7.96. The first-order chi connectivity index (χ1) is 28.8.